The van der Waals surface area contributed by atoms with E-state index in [0.29, 0.717) is 36.6 Å². The number of carboxylic acid groups (broad SMARTS) is 1. The largest absolute Gasteiger partial charge is 0.478 e. The first-order valence-electron chi connectivity index (χ1n) is 14.8. The Morgan fingerprint density at radius 2 is 1.71 bits per heavy atom. The minimum absolute atomic E-state index is 0.0175. The Kier molecular flexibility index (Phi) is 10.2. The predicted molar refractivity (Wildman–Crippen MR) is 161 cm³/mol. The minimum atomic E-state index is -1.07. The van der Waals surface area contributed by atoms with Crippen LogP contribution in [0.15, 0.2) is 60.7 Å². The molecular weight excluding hydrogens is 582 g/mol. The highest BCUT2D eigenvalue weighted by Gasteiger charge is 2.31. The molecule has 13 nitrogen and oxygen atoms in total. The summed E-state index contributed by atoms with van der Waals surface area (Å²) < 4.78 is 16.5. The third-order valence-electron chi connectivity index (χ3n) is 7.50. The molecule has 3 heterocycles. The van der Waals surface area contributed by atoms with Crippen molar-refractivity contribution in [1.82, 2.24) is 25.1 Å². The topological polar surface area (TPSA) is 160 Å². The van der Waals surface area contributed by atoms with E-state index in [4.69, 9.17) is 14.2 Å². The van der Waals surface area contributed by atoms with E-state index in [1.807, 2.05) is 30.3 Å². The van der Waals surface area contributed by atoms with Crippen LogP contribution in [0.3, 0.4) is 0 Å². The summed E-state index contributed by atoms with van der Waals surface area (Å²) in [5, 5.41) is 12.1. The molecule has 1 aromatic heterocycles. The van der Waals surface area contributed by atoms with Crippen LogP contribution in [0.2, 0.25) is 0 Å². The molecule has 2 saturated heterocycles. The molecule has 0 aliphatic carbocycles. The SMILES string of the molecule is CCOC(=O)N1CCN(C(=O)C(Cc2ccc(C(=O)O)cc2)NC(=O)c2cc(OC3CCOC3)nc(-c3ccccc3)n2)CC1. The van der Waals surface area contributed by atoms with Crippen molar-refractivity contribution in [3.63, 3.8) is 0 Å². The van der Waals surface area contributed by atoms with E-state index in [1.165, 1.54) is 23.1 Å². The van der Waals surface area contributed by atoms with Gasteiger partial charge in [-0.25, -0.2) is 14.6 Å². The van der Waals surface area contributed by atoms with Gasteiger partial charge in [0.2, 0.25) is 11.8 Å². The van der Waals surface area contributed by atoms with Crippen molar-refractivity contribution in [2.45, 2.75) is 31.9 Å². The first-order chi connectivity index (χ1) is 21.8. The molecule has 236 valence electrons. The van der Waals surface area contributed by atoms with E-state index in [2.05, 4.69) is 15.3 Å². The highest BCUT2D eigenvalue weighted by molar-refractivity contribution is 5.97. The number of aromatic nitrogens is 2. The van der Waals surface area contributed by atoms with Crippen molar-refractivity contribution < 1.29 is 38.5 Å². The van der Waals surface area contributed by atoms with E-state index in [0.717, 1.165) is 0 Å². The summed E-state index contributed by atoms with van der Waals surface area (Å²) in [5.41, 5.74) is 1.46. The molecule has 2 N–H and O–H groups in total. The van der Waals surface area contributed by atoms with E-state index in [-0.39, 0.29) is 68.4 Å². The number of piperazine rings is 1. The Labute approximate surface area is 260 Å². The van der Waals surface area contributed by atoms with Crippen LogP contribution < -0.4 is 10.1 Å². The molecule has 0 bridgehead atoms. The summed E-state index contributed by atoms with van der Waals surface area (Å²) in [4.78, 5) is 63.3. The monoisotopic (exact) mass is 617 g/mol. The number of benzene rings is 2. The average molecular weight is 618 g/mol. The Hall–Kier alpha value is -5.04. The van der Waals surface area contributed by atoms with Gasteiger partial charge in [0.25, 0.3) is 5.91 Å². The van der Waals surface area contributed by atoms with Gasteiger partial charge in [0, 0.05) is 50.7 Å². The number of ether oxygens (including phenoxy) is 3. The van der Waals surface area contributed by atoms with Gasteiger partial charge < -0.3 is 34.4 Å². The first kappa shape index (κ1) is 31.4. The van der Waals surface area contributed by atoms with Gasteiger partial charge in [0.05, 0.1) is 25.4 Å². The molecule has 2 atom stereocenters. The number of carbonyl (C=O) groups excluding carboxylic acids is 3. The molecule has 2 aliphatic heterocycles. The Morgan fingerprint density at radius 3 is 2.36 bits per heavy atom. The van der Waals surface area contributed by atoms with Gasteiger partial charge in [-0.2, -0.15) is 4.98 Å². The molecular formula is C32H35N5O8. The molecule has 0 saturated carbocycles. The zero-order chi connectivity index (χ0) is 31.8. The highest BCUT2D eigenvalue weighted by Crippen LogP contribution is 2.22. The van der Waals surface area contributed by atoms with Gasteiger partial charge in [-0.3, -0.25) is 9.59 Å². The normalized spacial score (nSPS) is 17.0. The van der Waals surface area contributed by atoms with Crippen LogP contribution in [0.5, 0.6) is 5.88 Å². The van der Waals surface area contributed by atoms with E-state index in [1.54, 1.807) is 24.0 Å². The number of nitrogens with zero attached hydrogens (tertiary/aromatic N) is 4. The number of carbonyl (C=O) groups is 4. The second-order valence-electron chi connectivity index (χ2n) is 10.6. The number of hydrogen-bond acceptors (Lipinski definition) is 9. The quantitative estimate of drug-likeness (QED) is 0.346. The van der Waals surface area contributed by atoms with Crippen molar-refractivity contribution in [2.75, 3.05) is 46.0 Å². The average Bonchev–Trinajstić information content (AvgIpc) is 3.58. The van der Waals surface area contributed by atoms with Crippen LogP contribution >= 0.6 is 0 Å². The van der Waals surface area contributed by atoms with Crippen molar-refractivity contribution in [3.05, 3.63) is 77.5 Å². The number of nitrogens with one attached hydrogen (secondary N) is 1. The maximum atomic E-state index is 13.8. The van der Waals surface area contributed by atoms with Gasteiger partial charge in [0.15, 0.2) is 5.82 Å². The third kappa shape index (κ3) is 8.12. The van der Waals surface area contributed by atoms with Crippen LogP contribution in [-0.2, 0) is 20.7 Å². The number of aromatic carboxylic acids is 1. The molecule has 5 rings (SSSR count). The number of carboxylic acids is 1. The summed E-state index contributed by atoms with van der Waals surface area (Å²) in [6.07, 6.45) is 0.137. The Morgan fingerprint density at radius 1 is 1.00 bits per heavy atom. The second kappa shape index (κ2) is 14.6. The predicted octanol–water partition coefficient (Wildman–Crippen LogP) is 2.65. The molecule has 2 aromatic carbocycles. The molecule has 0 spiro atoms. The van der Waals surface area contributed by atoms with Crippen LogP contribution in [0.25, 0.3) is 11.4 Å². The lowest BCUT2D eigenvalue weighted by atomic mass is 10.0. The Bertz CT molecular complexity index is 1500. The lowest BCUT2D eigenvalue weighted by Gasteiger charge is -2.36. The lowest BCUT2D eigenvalue weighted by molar-refractivity contribution is -0.134. The maximum absolute atomic E-state index is 13.8. The minimum Gasteiger partial charge on any atom is -0.478 e. The van der Waals surface area contributed by atoms with Crippen molar-refractivity contribution >= 4 is 23.9 Å². The van der Waals surface area contributed by atoms with E-state index in [9.17, 15) is 24.3 Å². The van der Waals surface area contributed by atoms with Crippen LogP contribution in [-0.4, -0.2) is 107 Å². The van der Waals surface area contributed by atoms with Gasteiger partial charge in [-0.05, 0) is 24.6 Å². The smallest absolute Gasteiger partial charge is 0.409 e. The van der Waals surface area contributed by atoms with Crippen LogP contribution in [0.1, 0.15) is 39.8 Å². The second-order valence-corrected chi connectivity index (χ2v) is 10.6. The zero-order valence-corrected chi connectivity index (χ0v) is 24.9. The molecule has 45 heavy (non-hydrogen) atoms. The number of hydrogen-bond donors (Lipinski definition) is 2. The zero-order valence-electron chi connectivity index (χ0n) is 24.9. The fraction of sp³-hybridized carbons (Fsp3) is 0.375. The lowest BCUT2D eigenvalue weighted by Crippen LogP contribution is -2.56. The first-order valence-corrected chi connectivity index (χ1v) is 14.8. The third-order valence-corrected chi connectivity index (χ3v) is 7.50. The van der Waals surface area contributed by atoms with Crippen molar-refractivity contribution in [1.29, 1.82) is 0 Å². The van der Waals surface area contributed by atoms with Crippen LogP contribution in [0.4, 0.5) is 4.79 Å². The highest BCUT2D eigenvalue weighted by atomic mass is 16.6. The fourth-order valence-corrected chi connectivity index (χ4v) is 5.09. The summed E-state index contributed by atoms with van der Waals surface area (Å²) in [7, 11) is 0. The Balaban J connectivity index is 1.39. The summed E-state index contributed by atoms with van der Waals surface area (Å²) >= 11 is 0. The fourth-order valence-electron chi connectivity index (χ4n) is 5.09. The van der Waals surface area contributed by atoms with Crippen molar-refractivity contribution in [3.8, 4) is 17.3 Å². The molecule has 2 unspecified atom stereocenters. The summed E-state index contributed by atoms with van der Waals surface area (Å²) in [5.74, 6) is -1.51. The molecule has 3 aromatic rings. The van der Waals surface area contributed by atoms with Gasteiger partial charge in [-0.15, -0.1) is 0 Å². The van der Waals surface area contributed by atoms with Crippen LogP contribution in [0, 0.1) is 0 Å². The van der Waals surface area contributed by atoms with Gasteiger partial charge in [-0.1, -0.05) is 42.5 Å². The van der Waals surface area contributed by atoms with Gasteiger partial charge >= 0.3 is 12.1 Å². The standard InChI is InChI=1S/C32H35N5O8/c1-2-44-32(42)37-15-13-36(14-16-37)30(39)26(18-21-8-10-23(11-9-21)31(40)41)34-29(38)25-19-27(45-24-12-17-43-20-24)35-28(33-25)22-6-4-3-5-7-22/h3-11,19,24,26H,2,12-18,20H2,1H3,(H,34,38)(H,40,41). The number of rotatable bonds is 10. The molecule has 0 radical (unpaired) electrons. The van der Waals surface area contributed by atoms with E-state index < -0.39 is 24.0 Å². The summed E-state index contributed by atoms with van der Waals surface area (Å²) in [6, 6.07) is 15.7. The summed E-state index contributed by atoms with van der Waals surface area (Å²) in [6.45, 7) is 4.06. The molecule has 2 fully saturated rings. The molecule has 3 amide bonds. The van der Waals surface area contributed by atoms with Crippen molar-refractivity contribution in [2.24, 2.45) is 0 Å². The van der Waals surface area contributed by atoms with E-state index >= 15 is 0 Å². The van der Waals surface area contributed by atoms with Gasteiger partial charge in [0.1, 0.15) is 17.8 Å². The molecule has 13 heteroatoms. The number of amides is 3. The molecule has 2 aliphatic rings. The maximum Gasteiger partial charge on any atom is 0.409 e.